The molecule has 2 rings (SSSR count). The van der Waals surface area contributed by atoms with Crippen LogP contribution >= 0.6 is 0 Å². The van der Waals surface area contributed by atoms with Crippen LogP contribution in [0.1, 0.15) is 51.4 Å². The first-order valence-corrected chi connectivity index (χ1v) is 8.62. The van der Waals surface area contributed by atoms with Gasteiger partial charge in [0.15, 0.2) is 9.84 Å². The number of rotatable bonds is 3. The Bertz CT molecular complexity index is 364. The van der Waals surface area contributed by atoms with E-state index in [2.05, 4.69) is 0 Å². The van der Waals surface area contributed by atoms with Gasteiger partial charge in [0.25, 0.3) is 0 Å². The molecule has 1 unspecified atom stereocenters. The van der Waals surface area contributed by atoms with Crippen molar-refractivity contribution in [2.45, 2.75) is 51.4 Å². The maximum Gasteiger partial charge on any atom is 0.150 e. The molecule has 1 saturated heterocycles. The van der Waals surface area contributed by atoms with Gasteiger partial charge in [0.05, 0.1) is 11.5 Å². The molecule has 1 saturated carbocycles. The molecule has 0 spiro atoms. The van der Waals surface area contributed by atoms with Gasteiger partial charge in [0.1, 0.15) is 5.78 Å². The average Bonchev–Trinajstić information content (AvgIpc) is 2.52. The van der Waals surface area contributed by atoms with Crippen molar-refractivity contribution in [2.75, 3.05) is 11.5 Å². The normalized spacial score (nSPS) is 30.0. The van der Waals surface area contributed by atoms with Gasteiger partial charge >= 0.3 is 0 Å². The van der Waals surface area contributed by atoms with Crippen molar-refractivity contribution in [3.8, 4) is 0 Å². The highest BCUT2D eigenvalue weighted by molar-refractivity contribution is 7.91. The lowest BCUT2D eigenvalue weighted by molar-refractivity contribution is -0.124. The van der Waals surface area contributed by atoms with E-state index in [4.69, 9.17) is 0 Å². The Balaban J connectivity index is 1.84. The lowest BCUT2D eigenvalue weighted by atomic mass is 9.89. The monoisotopic (exact) mass is 258 g/mol. The Morgan fingerprint density at radius 2 is 1.65 bits per heavy atom. The molecule has 1 aliphatic carbocycles. The zero-order valence-corrected chi connectivity index (χ0v) is 11.2. The molecular weight excluding hydrogens is 236 g/mol. The summed E-state index contributed by atoms with van der Waals surface area (Å²) in [6, 6.07) is 0. The summed E-state index contributed by atoms with van der Waals surface area (Å²) in [6.45, 7) is 0. The number of ketones is 1. The second kappa shape index (κ2) is 5.51. The second-order valence-corrected chi connectivity index (χ2v) is 7.86. The molecule has 1 atom stereocenters. The van der Waals surface area contributed by atoms with Crippen LogP contribution in [0.3, 0.4) is 0 Å². The number of hydrogen-bond acceptors (Lipinski definition) is 3. The van der Waals surface area contributed by atoms with Gasteiger partial charge in [-0.1, -0.05) is 25.7 Å². The van der Waals surface area contributed by atoms with Crippen LogP contribution < -0.4 is 0 Å². The Kier molecular flexibility index (Phi) is 4.23. The number of sulfone groups is 1. The van der Waals surface area contributed by atoms with E-state index >= 15 is 0 Å². The van der Waals surface area contributed by atoms with Crippen molar-refractivity contribution in [1.29, 1.82) is 0 Å². The van der Waals surface area contributed by atoms with Gasteiger partial charge in [-0.2, -0.15) is 0 Å². The molecule has 2 fully saturated rings. The first-order valence-electron chi connectivity index (χ1n) is 6.80. The molecule has 0 aromatic carbocycles. The third-order valence-corrected chi connectivity index (χ3v) is 5.96. The Morgan fingerprint density at radius 1 is 1.00 bits per heavy atom. The summed E-state index contributed by atoms with van der Waals surface area (Å²) < 4.78 is 22.7. The maximum atomic E-state index is 12.1. The molecule has 0 aromatic rings. The molecule has 0 radical (unpaired) electrons. The molecule has 3 nitrogen and oxygen atoms in total. The summed E-state index contributed by atoms with van der Waals surface area (Å²) in [4.78, 5) is 12.1. The SMILES string of the molecule is O=C(CC1CCS(=O)(=O)C1)C1CCCCCC1. The van der Waals surface area contributed by atoms with Gasteiger partial charge in [-0.15, -0.1) is 0 Å². The lowest BCUT2D eigenvalue weighted by Gasteiger charge is -2.14. The summed E-state index contributed by atoms with van der Waals surface area (Å²) in [6.07, 6.45) is 8.09. The molecule has 17 heavy (non-hydrogen) atoms. The Morgan fingerprint density at radius 3 is 2.18 bits per heavy atom. The van der Waals surface area contributed by atoms with E-state index in [1.165, 1.54) is 25.7 Å². The summed E-state index contributed by atoms with van der Waals surface area (Å²) in [5, 5.41) is 0. The number of carbonyl (C=O) groups is 1. The fraction of sp³-hybridized carbons (Fsp3) is 0.923. The van der Waals surface area contributed by atoms with E-state index in [0.29, 0.717) is 18.6 Å². The predicted molar refractivity (Wildman–Crippen MR) is 67.6 cm³/mol. The van der Waals surface area contributed by atoms with E-state index in [1.54, 1.807) is 0 Å². The van der Waals surface area contributed by atoms with Crippen LogP contribution in [0.15, 0.2) is 0 Å². The van der Waals surface area contributed by atoms with Gasteiger partial charge in [0, 0.05) is 12.3 Å². The van der Waals surface area contributed by atoms with Crippen molar-refractivity contribution < 1.29 is 13.2 Å². The van der Waals surface area contributed by atoms with E-state index in [0.717, 1.165) is 12.8 Å². The number of Topliss-reactive ketones (excluding diaryl/α,β-unsaturated/α-hetero) is 1. The van der Waals surface area contributed by atoms with Crippen molar-refractivity contribution in [3.63, 3.8) is 0 Å². The Hall–Kier alpha value is -0.380. The third kappa shape index (κ3) is 3.80. The summed E-state index contributed by atoms with van der Waals surface area (Å²) >= 11 is 0. The smallest absolute Gasteiger partial charge is 0.150 e. The van der Waals surface area contributed by atoms with E-state index in [9.17, 15) is 13.2 Å². The summed E-state index contributed by atoms with van der Waals surface area (Å²) in [7, 11) is -2.83. The molecule has 0 bridgehead atoms. The molecule has 2 aliphatic rings. The van der Waals surface area contributed by atoms with Crippen molar-refractivity contribution >= 4 is 15.6 Å². The van der Waals surface area contributed by atoms with Gasteiger partial charge < -0.3 is 0 Å². The third-order valence-electron chi connectivity index (χ3n) is 4.13. The Labute approximate surface area is 104 Å². The van der Waals surface area contributed by atoms with Gasteiger partial charge in [-0.05, 0) is 25.2 Å². The van der Waals surface area contributed by atoms with Crippen molar-refractivity contribution in [2.24, 2.45) is 11.8 Å². The van der Waals surface area contributed by atoms with Gasteiger partial charge in [-0.3, -0.25) is 4.79 Å². The topological polar surface area (TPSA) is 51.2 Å². The van der Waals surface area contributed by atoms with Crippen LogP contribution in [0.4, 0.5) is 0 Å². The lowest BCUT2D eigenvalue weighted by Crippen LogP contribution is -2.18. The molecule has 1 aliphatic heterocycles. The fourth-order valence-electron chi connectivity index (χ4n) is 3.09. The van der Waals surface area contributed by atoms with Crippen molar-refractivity contribution in [1.82, 2.24) is 0 Å². The highest BCUT2D eigenvalue weighted by Gasteiger charge is 2.31. The molecular formula is C13H22O3S. The minimum atomic E-state index is -2.83. The number of carbonyl (C=O) groups excluding carboxylic acids is 1. The first kappa shape index (κ1) is 13.1. The highest BCUT2D eigenvalue weighted by atomic mass is 32.2. The van der Waals surface area contributed by atoms with Crippen LogP contribution in [-0.2, 0) is 14.6 Å². The van der Waals surface area contributed by atoms with Crippen LogP contribution in [0.2, 0.25) is 0 Å². The number of hydrogen-bond donors (Lipinski definition) is 0. The summed E-state index contributed by atoms with van der Waals surface area (Å²) in [5.74, 6) is 1.19. The quantitative estimate of drug-likeness (QED) is 0.730. The predicted octanol–water partition coefficient (Wildman–Crippen LogP) is 2.35. The average molecular weight is 258 g/mol. The van der Waals surface area contributed by atoms with E-state index < -0.39 is 9.84 Å². The van der Waals surface area contributed by atoms with Crippen LogP contribution in [0.25, 0.3) is 0 Å². The molecule has 0 amide bonds. The molecule has 98 valence electrons. The highest BCUT2D eigenvalue weighted by Crippen LogP contribution is 2.28. The zero-order valence-electron chi connectivity index (χ0n) is 10.4. The van der Waals surface area contributed by atoms with Crippen molar-refractivity contribution in [3.05, 3.63) is 0 Å². The van der Waals surface area contributed by atoms with E-state index in [-0.39, 0.29) is 23.3 Å². The zero-order chi connectivity index (χ0) is 12.3. The maximum absolute atomic E-state index is 12.1. The molecule has 1 heterocycles. The van der Waals surface area contributed by atoms with Crippen LogP contribution in [-0.4, -0.2) is 25.7 Å². The van der Waals surface area contributed by atoms with E-state index in [1.807, 2.05) is 0 Å². The molecule has 4 heteroatoms. The molecule has 0 N–H and O–H groups in total. The first-order chi connectivity index (χ1) is 8.07. The van der Waals surface area contributed by atoms with Crippen LogP contribution in [0, 0.1) is 11.8 Å². The van der Waals surface area contributed by atoms with Crippen LogP contribution in [0.5, 0.6) is 0 Å². The van der Waals surface area contributed by atoms with Gasteiger partial charge in [-0.25, -0.2) is 8.42 Å². The minimum absolute atomic E-state index is 0.107. The standard InChI is InChI=1S/C13H22O3S/c14-13(12-5-3-1-2-4-6-12)9-11-7-8-17(15,16)10-11/h11-12H,1-10H2. The fourth-order valence-corrected chi connectivity index (χ4v) is 4.95. The second-order valence-electron chi connectivity index (χ2n) is 5.63. The minimum Gasteiger partial charge on any atom is -0.299 e. The molecule has 0 aromatic heterocycles. The van der Waals surface area contributed by atoms with Gasteiger partial charge in [0.2, 0.25) is 0 Å². The summed E-state index contributed by atoms with van der Waals surface area (Å²) in [5.41, 5.74) is 0. The largest absolute Gasteiger partial charge is 0.299 e.